The Morgan fingerprint density at radius 2 is 0.944 bits per heavy atom. The predicted octanol–water partition coefficient (Wildman–Crippen LogP) is 12.4. The maximum atomic E-state index is 12.1. The van der Waals surface area contributed by atoms with Gasteiger partial charge in [0.05, 0.1) is 13.2 Å². The van der Waals surface area contributed by atoms with Crippen LogP contribution in [-0.4, -0.2) is 54.3 Å². The number of esters is 1. The highest BCUT2D eigenvalue weighted by atomic mass is 31.2. The lowest BCUT2D eigenvalue weighted by atomic mass is 10.1. The van der Waals surface area contributed by atoms with Gasteiger partial charge < -0.3 is 20.1 Å². The highest BCUT2D eigenvalue weighted by Crippen LogP contribution is 2.42. The average molecular weight is 786 g/mol. The first-order valence-electron chi connectivity index (χ1n) is 22.3. The van der Waals surface area contributed by atoms with E-state index in [0.29, 0.717) is 6.42 Å². The van der Waals surface area contributed by atoms with Crippen molar-refractivity contribution in [2.24, 2.45) is 0 Å². The maximum Gasteiger partial charge on any atom is 0.472 e. The van der Waals surface area contributed by atoms with Crippen molar-refractivity contribution in [3.63, 3.8) is 0 Å². The van der Waals surface area contributed by atoms with Crippen molar-refractivity contribution < 1.29 is 37.9 Å². The number of amides is 1. The molecule has 10 heteroatoms. The molecular weight excluding hydrogens is 701 g/mol. The third-order valence-electron chi connectivity index (χ3n) is 9.60. The third kappa shape index (κ3) is 41.6. The quantitative estimate of drug-likeness (QED) is 0.0241. The smallest absolute Gasteiger partial charge is 0.463 e. The van der Waals surface area contributed by atoms with Crippen LogP contribution in [0.4, 0.5) is 0 Å². The van der Waals surface area contributed by atoms with Crippen LogP contribution in [0.25, 0.3) is 0 Å². The van der Waals surface area contributed by atoms with Crippen LogP contribution < -0.4 is 5.32 Å². The molecule has 0 aromatic heterocycles. The molecule has 3 N–H and O–H groups in total. The van der Waals surface area contributed by atoms with Crippen LogP contribution in [0.2, 0.25) is 0 Å². The number of phosphoric ester groups is 1. The molecule has 0 heterocycles. The molecule has 318 valence electrons. The minimum Gasteiger partial charge on any atom is -0.463 e. The minimum absolute atomic E-state index is 0.0801. The largest absolute Gasteiger partial charge is 0.472 e. The van der Waals surface area contributed by atoms with Crippen molar-refractivity contribution in [1.29, 1.82) is 0 Å². The first kappa shape index (κ1) is 52.5. The van der Waals surface area contributed by atoms with Gasteiger partial charge in [0, 0.05) is 19.4 Å². The second-order valence-corrected chi connectivity index (χ2v) is 16.5. The SMILES string of the molecule is CCCCCCCC/C=C\CCCCCCCCCC(=O)NCCOP(=O)(O)OCC(O)COC(=O)CCCCCCC/C=C\CCCCCCCCC. The van der Waals surface area contributed by atoms with Crippen molar-refractivity contribution >= 4 is 19.7 Å². The second kappa shape index (κ2) is 41.1. The summed E-state index contributed by atoms with van der Waals surface area (Å²) in [4.78, 5) is 33.9. The van der Waals surface area contributed by atoms with Gasteiger partial charge in [0.25, 0.3) is 0 Å². The molecule has 0 bridgehead atoms. The lowest BCUT2D eigenvalue weighted by Gasteiger charge is -2.15. The summed E-state index contributed by atoms with van der Waals surface area (Å²) < 4.78 is 26.9. The first-order chi connectivity index (χ1) is 26.3. The molecule has 0 aromatic rings. The topological polar surface area (TPSA) is 131 Å². The van der Waals surface area contributed by atoms with Gasteiger partial charge >= 0.3 is 13.8 Å². The lowest BCUT2D eigenvalue weighted by Crippen LogP contribution is -2.27. The number of nitrogens with one attached hydrogen (secondary N) is 1. The van der Waals surface area contributed by atoms with E-state index in [0.717, 1.165) is 57.8 Å². The van der Waals surface area contributed by atoms with Gasteiger partial charge in [0.15, 0.2) is 0 Å². The summed E-state index contributed by atoms with van der Waals surface area (Å²) in [7, 11) is -4.42. The number of hydrogen-bond acceptors (Lipinski definition) is 7. The van der Waals surface area contributed by atoms with Gasteiger partial charge in [-0.15, -0.1) is 0 Å². The molecule has 0 aliphatic carbocycles. The maximum absolute atomic E-state index is 12.1. The van der Waals surface area contributed by atoms with Crippen molar-refractivity contribution in [1.82, 2.24) is 5.32 Å². The Hall–Kier alpha value is -1.51. The number of aliphatic hydroxyl groups is 1. The number of ether oxygens (including phenoxy) is 1. The van der Waals surface area contributed by atoms with Gasteiger partial charge in [-0.2, -0.15) is 0 Å². The molecule has 9 nitrogen and oxygen atoms in total. The van der Waals surface area contributed by atoms with E-state index in [1.807, 2.05) is 0 Å². The fourth-order valence-electron chi connectivity index (χ4n) is 6.19. The Bertz CT molecular complexity index is 944. The third-order valence-corrected chi connectivity index (χ3v) is 10.6. The van der Waals surface area contributed by atoms with Crippen LogP contribution >= 0.6 is 7.82 Å². The predicted molar refractivity (Wildman–Crippen MR) is 224 cm³/mol. The van der Waals surface area contributed by atoms with E-state index < -0.39 is 26.5 Å². The molecule has 54 heavy (non-hydrogen) atoms. The summed E-state index contributed by atoms with van der Waals surface area (Å²) in [6.45, 7) is 3.55. The van der Waals surface area contributed by atoms with Gasteiger partial charge in [-0.25, -0.2) is 4.57 Å². The lowest BCUT2D eigenvalue weighted by molar-refractivity contribution is -0.147. The van der Waals surface area contributed by atoms with E-state index >= 15 is 0 Å². The number of phosphoric acid groups is 1. The number of allylic oxidation sites excluding steroid dienone is 4. The molecule has 0 spiro atoms. The van der Waals surface area contributed by atoms with E-state index in [9.17, 15) is 24.2 Å². The average Bonchev–Trinajstić information content (AvgIpc) is 3.16. The number of carbonyl (C=O) groups is 2. The molecule has 0 aliphatic rings. The summed E-state index contributed by atoms with van der Waals surface area (Å²) in [5, 5.41) is 12.7. The Balaban J connectivity index is 3.59. The highest BCUT2D eigenvalue weighted by Gasteiger charge is 2.23. The molecule has 0 saturated heterocycles. The monoisotopic (exact) mass is 786 g/mol. The van der Waals surface area contributed by atoms with Crippen LogP contribution in [0.1, 0.15) is 213 Å². The Kier molecular flexibility index (Phi) is 40.0. The molecule has 0 fully saturated rings. The van der Waals surface area contributed by atoms with Crippen LogP contribution in [0.15, 0.2) is 24.3 Å². The second-order valence-electron chi connectivity index (χ2n) is 15.0. The van der Waals surface area contributed by atoms with Gasteiger partial charge in [-0.3, -0.25) is 18.6 Å². The standard InChI is InChI=1S/C44H84NO8P/c1-3-5-7-9-11-13-15-17-19-21-22-24-26-28-30-32-34-36-43(47)45-38-39-52-54(49,50)53-41-42(46)40-51-44(48)37-35-33-31-29-27-25-23-20-18-16-14-12-10-8-6-4-2/h17,19-20,23,42,46H,3-16,18,21-22,24-41H2,1-2H3,(H,45,47)(H,49,50)/b19-17-,23-20-. The van der Waals surface area contributed by atoms with E-state index in [1.54, 1.807) is 0 Å². The van der Waals surface area contributed by atoms with Crippen LogP contribution in [-0.2, 0) is 27.9 Å². The van der Waals surface area contributed by atoms with Crippen molar-refractivity contribution in [2.45, 2.75) is 219 Å². The minimum atomic E-state index is -4.42. The number of rotatable bonds is 42. The fraction of sp³-hybridized carbons (Fsp3) is 0.864. The molecule has 0 radical (unpaired) electrons. The zero-order chi connectivity index (χ0) is 39.6. The summed E-state index contributed by atoms with van der Waals surface area (Å²) in [5.74, 6) is -0.525. The van der Waals surface area contributed by atoms with Crippen LogP contribution in [0.3, 0.4) is 0 Å². The number of carbonyl (C=O) groups excluding carboxylic acids is 2. The van der Waals surface area contributed by atoms with Crippen molar-refractivity contribution in [3.8, 4) is 0 Å². The molecule has 0 aliphatic heterocycles. The molecular formula is C44H84NO8P. The Morgan fingerprint density at radius 3 is 1.39 bits per heavy atom. The van der Waals surface area contributed by atoms with Crippen LogP contribution in [0.5, 0.6) is 0 Å². The fourth-order valence-corrected chi connectivity index (χ4v) is 6.95. The van der Waals surface area contributed by atoms with Crippen molar-refractivity contribution in [2.75, 3.05) is 26.4 Å². The molecule has 2 atom stereocenters. The molecule has 0 rings (SSSR count). The Morgan fingerprint density at radius 1 is 0.556 bits per heavy atom. The normalized spacial score (nSPS) is 13.5. The van der Waals surface area contributed by atoms with Gasteiger partial charge in [-0.05, 0) is 64.2 Å². The zero-order valence-electron chi connectivity index (χ0n) is 34.9. The molecule has 0 saturated carbocycles. The molecule has 0 aromatic carbocycles. The molecule has 1 amide bonds. The first-order valence-corrected chi connectivity index (χ1v) is 23.8. The number of unbranched alkanes of at least 4 members (excludes halogenated alkanes) is 25. The van der Waals surface area contributed by atoms with E-state index in [2.05, 4.69) is 43.5 Å². The number of aliphatic hydroxyl groups excluding tert-OH is 1. The Labute approximate surface area is 331 Å². The summed E-state index contributed by atoms with van der Waals surface area (Å²) in [6, 6.07) is 0. The van der Waals surface area contributed by atoms with Crippen molar-refractivity contribution in [3.05, 3.63) is 24.3 Å². The van der Waals surface area contributed by atoms with E-state index in [-0.39, 0.29) is 32.1 Å². The van der Waals surface area contributed by atoms with E-state index in [4.69, 9.17) is 13.8 Å². The summed E-state index contributed by atoms with van der Waals surface area (Å²) >= 11 is 0. The van der Waals surface area contributed by atoms with Gasteiger partial charge in [0.1, 0.15) is 12.7 Å². The molecule has 2 unspecified atom stereocenters. The van der Waals surface area contributed by atoms with Gasteiger partial charge in [-0.1, -0.05) is 160 Å². The summed E-state index contributed by atoms with van der Waals surface area (Å²) in [6.07, 6.45) is 43.9. The van der Waals surface area contributed by atoms with Crippen LogP contribution in [0, 0.1) is 0 Å². The zero-order valence-corrected chi connectivity index (χ0v) is 35.8. The summed E-state index contributed by atoms with van der Waals surface area (Å²) in [5.41, 5.74) is 0. The highest BCUT2D eigenvalue weighted by molar-refractivity contribution is 7.47. The van der Waals surface area contributed by atoms with E-state index in [1.165, 1.54) is 128 Å². The van der Waals surface area contributed by atoms with Gasteiger partial charge in [0.2, 0.25) is 5.91 Å². The number of hydrogen-bond donors (Lipinski definition) is 3.